The Labute approximate surface area is 74.3 Å². The van der Waals surface area contributed by atoms with Crippen molar-refractivity contribution in [1.82, 2.24) is 0 Å². The van der Waals surface area contributed by atoms with Crippen molar-refractivity contribution in [2.75, 3.05) is 0 Å². The third kappa shape index (κ3) is 1.84. The number of rotatable bonds is 2. The SMILES string of the molecule is CC(C)(O)c1cc(C(=O)O)cs1. The van der Waals surface area contributed by atoms with Crippen LogP contribution in [0, 0.1) is 0 Å². The van der Waals surface area contributed by atoms with E-state index in [0.29, 0.717) is 4.88 Å². The monoisotopic (exact) mass is 186 g/mol. The van der Waals surface area contributed by atoms with E-state index in [0.717, 1.165) is 0 Å². The van der Waals surface area contributed by atoms with E-state index in [1.807, 2.05) is 0 Å². The molecular formula is C8H10O3S. The standard InChI is InChI=1S/C8H10O3S/c1-8(2,11)6-3-5(4-12-6)7(9)10/h3-4,11H,1-2H3,(H,9,10). The van der Waals surface area contributed by atoms with Crippen LogP contribution in [-0.2, 0) is 5.60 Å². The van der Waals surface area contributed by atoms with Crippen LogP contribution in [0.15, 0.2) is 11.4 Å². The molecule has 1 heterocycles. The Morgan fingerprint density at radius 1 is 1.58 bits per heavy atom. The van der Waals surface area contributed by atoms with Gasteiger partial charge in [0.1, 0.15) is 0 Å². The van der Waals surface area contributed by atoms with Gasteiger partial charge in [0.15, 0.2) is 0 Å². The van der Waals surface area contributed by atoms with Crippen molar-refractivity contribution in [3.05, 3.63) is 21.9 Å². The highest BCUT2D eigenvalue weighted by Gasteiger charge is 2.19. The van der Waals surface area contributed by atoms with Crippen LogP contribution in [0.4, 0.5) is 0 Å². The first-order valence-electron chi connectivity index (χ1n) is 3.46. The summed E-state index contributed by atoms with van der Waals surface area (Å²) in [6, 6.07) is 1.49. The van der Waals surface area contributed by atoms with E-state index in [1.165, 1.54) is 22.8 Å². The van der Waals surface area contributed by atoms with Crippen LogP contribution >= 0.6 is 11.3 Å². The second-order valence-electron chi connectivity index (χ2n) is 3.06. The predicted molar refractivity (Wildman–Crippen MR) is 46.5 cm³/mol. The second kappa shape index (κ2) is 2.88. The quantitative estimate of drug-likeness (QED) is 0.738. The van der Waals surface area contributed by atoms with Crippen LogP contribution in [0.2, 0.25) is 0 Å². The van der Waals surface area contributed by atoms with Gasteiger partial charge in [0.05, 0.1) is 11.2 Å². The van der Waals surface area contributed by atoms with Crippen LogP contribution in [0.3, 0.4) is 0 Å². The molecule has 1 rings (SSSR count). The van der Waals surface area contributed by atoms with Crippen molar-refractivity contribution < 1.29 is 15.0 Å². The van der Waals surface area contributed by atoms with Gasteiger partial charge in [-0.1, -0.05) is 0 Å². The summed E-state index contributed by atoms with van der Waals surface area (Å²) in [6.07, 6.45) is 0. The molecule has 0 saturated heterocycles. The van der Waals surface area contributed by atoms with Gasteiger partial charge >= 0.3 is 5.97 Å². The van der Waals surface area contributed by atoms with Gasteiger partial charge in [0, 0.05) is 10.3 Å². The molecule has 12 heavy (non-hydrogen) atoms. The molecule has 3 nitrogen and oxygen atoms in total. The lowest BCUT2D eigenvalue weighted by molar-refractivity contribution is 0.0696. The maximum absolute atomic E-state index is 10.5. The van der Waals surface area contributed by atoms with E-state index in [4.69, 9.17) is 5.11 Å². The molecule has 0 aliphatic heterocycles. The molecule has 0 aliphatic carbocycles. The Bertz CT molecular complexity index is 295. The molecular weight excluding hydrogens is 176 g/mol. The van der Waals surface area contributed by atoms with Gasteiger partial charge in [-0.15, -0.1) is 11.3 Å². The van der Waals surface area contributed by atoms with Gasteiger partial charge in [-0.2, -0.15) is 0 Å². The fourth-order valence-electron chi connectivity index (χ4n) is 0.769. The van der Waals surface area contributed by atoms with Crippen LogP contribution < -0.4 is 0 Å². The highest BCUT2D eigenvalue weighted by molar-refractivity contribution is 7.10. The van der Waals surface area contributed by atoms with Crippen molar-refractivity contribution in [2.45, 2.75) is 19.4 Å². The zero-order valence-corrected chi connectivity index (χ0v) is 7.68. The maximum atomic E-state index is 10.5. The van der Waals surface area contributed by atoms with Crippen molar-refractivity contribution >= 4 is 17.3 Å². The van der Waals surface area contributed by atoms with Gasteiger partial charge in [-0.25, -0.2) is 4.79 Å². The van der Waals surface area contributed by atoms with E-state index >= 15 is 0 Å². The number of aromatic carboxylic acids is 1. The number of carbonyl (C=O) groups is 1. The van der Waals surface area contributed by atoms with E-state index in [2.05, 4.69) is 0 Å². The van der Waals surface area contributed by atoms with Gasteiger partial charge in [0.2, 0.25) is 0 Å². The number of hydrogen-bond donors (Lipinski definition) is 2. The summed E-state index contributed by atoms with van der Waals surface area (Å²) in [4.78, 5) is 11.1. The summed E-state index contributed by atoms with van der Waals surface area (Å²) >= 11 is 1.25. The molecule has 0 amide bonds. The molecule has 0 spiro atoms. The Hall–Kier alpha value is -0.870. The third-order valence-corrected chi connectivity index (χ3v) is 2.69. The molecule has 1 aromatic rings. The largest absolute Gasteiger partial charge is 0.478 e. The zero-order valence-electron chi connectivity index (χ0n) is 6.87. The van der Waals surface area contributed by atoms with Crippen LogP contribution in [0.1, 0.15) is 29.1 Å². The molecule has 0 bridgehead atoms. The van der Waals surface area contributed by atoms with Crippen LogP contribution in [0.5, 0.6) is 0 Å². The van der Waals surface area contributed by atoms with Gasteiger partial charge in [-0.05, 0) is 19.9 Å². The predicted octanol–water partition coefficient (Wildman–Crippen LogP) is 1.67. The lowest BCUT2D eigenvalue weighted by Crippen LogP contribution is -2.13. The maximum Gasteiger partial charge on any atom is 0.336 e. The molecule has 0 radical (unpaired) electrons. The Morgan fingerprint density at radius 2 is 2.17 bits per heavy atom. The molecule has 0 fully saturated rings. The summed E-state index contributed by atoms with van der Waals surface area (Å²) in [7, 11) is 0. The second-order valence-corrected chi connectivity index (χ2v) is 3.98. The fourth-order valence-corrected chi connectivity index (χ4v) is 1.68. The molecule has 66 valence electrons. The lowest BCUT2D eigenvalue weighted by atomic mass is 10.1. The van der Waals surface area contributed by atoms with E-state index < -0.39 is 11.6 Å². The Morgan fingerprint density at radius 3 is 2.42 bits per heavy atom. The molecule has 0 aliphatic rings. The summed E-state index contributed by atoms with van der Waals surface area (Å²) < 4.78 is 0. The van der Waals surface area contributed by atoms with E-state index in [9.17, 15) is 9.90 Å². The summed E-state index contributed by atoms with van der Waals surface area (Å²) in [5, 5.41) is 19.6. The molecule has 0 atom stereocenters. The first-order chi connectivity index (χ1) is 5.41. The van der Waals surface area contributed by atoms with Gasteiger partial charge < -0.3 is 10.2 Å². The first kappa shape index (κ1) is 9.22. The average molecular weight is 186 g/mol. The normalized spacial score (nSPS) is 11.6. The fraction of sp³-hybridized carbons (Fsp3) is 0.375. The zero-order chi connectivity index (χ0) is 9.35. The minimum Gasteiger partial charge on any atom is -0.478 e. The minimum absolute atomic E-state index is 0.233. The Kier molecular flexibility index (Phi) is 2.21. The minimum atomic E-state index is -0.957. The number of thiophene rings is 1. The van der Waals surface area contributed by atoms with Crippen molar-refractivity contribution in [1.29, 1.82) is 0 Å². The molecule has 2 N–H and O–H groups in total. The van der Waals surface area contributed by atoms with Gasteiger partial charge in [-0.3, -0.25) is 0 Å². The van der Waals surface area contributed by atoms with Crippen molar-refractivity contribution in [3.8, 4) is 0 Å². The average Bonchev–Trinajstić information content (AvgIpc) is 2.30. The molecule has 0 unspecified atom stereocenters. The third-order valence-electron chi connectivity index (χ3n) is 1.45. The highest BCUT2D eigenvalue weighted by atomic mass is 32.1. The number of carboxylic acid groups (broad SMARTS) is 1. The smallest absolute Gasteiger partial charge is 0.336 e. The molecule has 0 saturated carbocycles. The summed E-state index contributed by atoms with van der Waals surface area (Å²) in [5.74, 6) is -0.957. The van der Waals surface area contributed by atoms with E-state index in [-0.39, 0.29) is 5.56 Å². The molecule has 1 aromatic heterocycles. The lowest BCUT2D eigenvalue weighted by Gasteiger charge is -2.13. The first-order valence-corrected chi connectivity index (χ1v) is 4.34. The Balaban J connectivity index is 3.00. The number of hydrogen-bond acceptors (Lipinski definition) is 3. The van der Waals surface area contributed by atoms with Crippen LogP contribution in [0.25, 0.3) is 0 Å². The molecule has 4 heteroatoms. The highest BCUT2D eigenvalue weighted by Crippen LogP contribution is 2.26. The summed E-state index contributed by atoms with van der Waals surface area (Å²) in [6.45, 7) is 3.26. The van der Waals surface area contributed by atoms with Crippen molar-refractivity contribution in [3.63, 3.8) is 0 Å². The number of carboxylic acids is 1. The van der Waals surface area contributed by atoms with Gasteiger partial charge in [0.25, 0.3) is 0 Å². The molecule has 0 aromatic carbocycles. The van der Waals surface area contributed by atoms with Crippen molar-refractivity contribution in [2.24, 2.45) is 0 Å². The van der Waals surface area contributed by atoms with Crippen LogP contribution in [-0.4, -0.2) is 16.2 Å². The summed E-state index contributed by atoms with van der Waals surface area (Å²) in [5.41, 5.74) is -0.713. The topological polar surface area (TPSA) is 57.5 Å². The van der Waals surface area contributed by atoms with E-state index in [1.54, 1.807) is 13.8 Å². The number of aliphatic hydroxyl groups is 1.